The monoisotopic (exact) mass is 744 g/mol. The largest absolute Gasteiger partial charge is 0.310 e. The summed E-state index contributed by atoms with van der Waals surface area (Å²) in [5.41, 5.74) is 18.0. The van der Waals surface area contributed by atoms with Gasteiger partial charge in [0.25, 0.3) is 0 Å². The van der Waals surface area contributed by atoms with Gasteiger partial charge in [0.05, 0.1) is 11.2 Å². The van der Waals surface area contributed by atoms with E-state index in [0.717, 1.165) is 34.0 Å². The summed E-state index contributed by atoms with van der Waals surface area (Å²) < 4.78 is 2.36. The van der Waals surface area contributed by atoms with Crippen molar-refractivity contribution in [3.8, 4) is 39.1 Å². The standard InChI is InChI=1S/C56H44N2/c1-5-17-49-53(6-2)58(41-20-11-8-12-21-41)54-37-50(45-22-13-14-24-48(45)55(49)54)40-28-32-43(33-29-40)57(42-30-26-39(27-31-42)38-18-9-7-10-19-38)44-34-35-47-46-23-15-16-25-51(46)56(3,4)52(47)36-44/h5-37H,2H2,1,3-4H3/b17-5-. The maximum absolute atomic E-state index is 4.29. The third kappa shape index (κ3) is 5.64. The molecule has 0 amide bonds. The minimum Gasteiger partial charge on any atom is -0.310 e. The van der Waals surface area contributed by atoms with Gasteiger partial charge in [0, 0.05) is 39.1 Å². The first-order chi connectivity index (χ1) is 28.5. The normalized spacial score (nSPS) is 12.9. The van der Waals surface area contributed by atoms with Gasteiger partial charge in [-0.25, -0.2) is 0 Å². The van der Waals surface area contributed by atoms with E-state index in [0.29, 0.717) is 0 Å². The lowest BCUT2D eigenvalue weighted by Crippen LogP contribution is -2.16. The van der Waals surface area contributed by atoms with Crippen molar-refractivity contribution in [2.24, 2.45) is 0 Å². The van der Waals surface area contributed by atoms with Crippen LogP contribution in [0.2, 0.25) is 0 Å². The van der Waals surface area contributed by atoms with Gasteiger partial charge in [0.1, 0.15) is 0 Å². The zero-order chi connectivity index (χ0) is 39.4. The minimum atomic E-state index is -0.107. The van der Waals surface area contributed by atoms with Crippen molar-refractivity contribution in [3.05, 3.63) is 217 Å². The van der Waals surface area contributed by atoms with Crippen LogP contribution in [0.1, 0.15) is 43.2 Å². The Morgan fingerprint density at radius 1 is 0.517 bits per heavy atom. The molecule has 8 aromatic carbocycles. The molecule has 2 nitrogen and oxygen atoms in total. The SMILES string of the molecule is C=Cc1c(/C=C\C)c2c3ccccc3c(-c3ccc(N(c4ccc(-c5ccccc5)cc4)c4ccc5c(c4)C(C)(C)c4ccccc4-5)cc3)cc2n1-c1ccccc1. The zero-order valence-electron chi connectivity index (χ0n) is 33.2. The maximum atomic E-state index is 4.29. The molecule has 1 aliphatic rings. The van der Waals surface area contributed by atoms with Crippen molar-refractivity contribution >= 4 is 50.9 Å². The summed E-state index contributed by atoms with van der Waals surface area (Å²) in [7, 11) is 0. The highest BCUT2D eigenvalue weighted by Gasteiger charge is 2.35. The van der Waals surface area contributed by atoms with Crippen LogP contribution in [-0.2, 0) is 5.41 Å². The Balaban J connectivity index is 1.14. The molecule has 278 valence electrons. The summed E-state index contributed by atoms with van der Waals surface area (Å²) >= 11 is 0. The van der Waals surface area contributed by atoms with Crippen LogP contribution in [0.5, 0.6) is 0 Å². The summed E-state index contributed by atoms with van der Waals surface area (Å²) in [5, 5.41) is 3.69. The van der Waals surface area contributed by atoms with E-state index in [1.165, 1.54) is 66.2 Å². The molecule has 0 atom stereocenters. The number of hydrogen-bond acceptors (Lipinski definition) is 1. The number of benzene rings is 8. The summed E-state index contributed by atoms with van der Waals surface area (Å²) in [6.07, 6.45) is 6.34. The van der Waals surface area contributed by atoms with E-state index in [2.05, 4.69) is 231 Å². The summed E-state index contributed by atoms with van der Waals surface area (Å²) in [4.78, 5) is 2.40. The highest BCUT2D eigenvalue weighted by atomic mass is 15.1. The van der Waals surface area contributed by atoms with Crippen LogP contribution in [0.15, 0.2) is 195 Å². The molecule has 0 fully saturated rings. The Labute approximate surface area is 341 Å². The Bertz CT molecular complexity index is 3020. The number of rotatable bonds is 8. The molecule has 0 saturated carbocycles. The van der Waals surface area contributed by atoms with Crippen LogP contribution >= 0.6 is 0 Å². The van der Waals surface area contributed by atoms with E-state index in [1.54, 1.807) is 0 Å². The van der Waals surface area contributed by atoms with E-state index in [-0.39, 0.29) is 5.41 Å². The highest BCUT2D eigenvalue weighted by Crippen LogP contribution is 2.51. The molecule has 10 rings (SSSR count). The second-order valence-corrected chi connectivity index (χ2v) is 15.7. The topological polar surface area (TPSA) is 8.17 Å². The van der Waals surface area contributed by atoms with Gasteiger partial charge in [-0.15, -0.1) is 0 Å². The molecule has 0 spiro atoms. The predicted molar refractivity (Wildman–Crippen MR) is 249 cm³/mol. The molecule has 0 radical (unpaired) electrons. The molecule has 1 heterocycles. The molecule has 0 unspecified atom stereocenters. The van der Waals surface area contributed by atoms with Crippen molar-refractivity contribution in [3.63, 3.8) is 0 Å². The van der Waals surface area contributed by atoms with E-state index in [1.807, 2.05) is 6.08 Å². The summed E-state index contributed by atoms with van der Waals surface area (Å²) in [6.45, 7) is 11.1. The molecule has 1 aliphatic carbocycles. The number of para-hydroxylation sites is 1. The number of anilines is 3. The number of aromatic nitrogens is 1. The molecular weight excluding hydrogens is 701 g/mol. The Morgan fingerprint density at radius 3 is 1.78 bits per heavy atom. The third-order valence-corrected chi connectivity index (χ3v) is 12.1. The number of nitrogens with zero attached hydrogens (tertiary/aromatic N) is 2. The summed E-state index contributed by atoms with van der Waals surface area (Å²) in [5.74, 6) is 0. The van der Waals surface area contributed by atoms with Gasteiger partial charge < -0.3 is 9.47 Å². The average Bonchev–Trinajstić information content (AvgIpc) is 3.72. The lowest BCUT2D eigenvalue weighted by molar-refractivity contribution is 0.660. The van der Waals surface area contributed by atoms with E-state index >= 15 is 0 Å². The van der Waals surface area contributed by atoms with Crippen LogP contribution in [-0.4, -0.2) is 4.57 Å². The Hall–Kier alpha value is -7.16. The van der Waals surface area contributed by atoms with Crippen LogP contribution in [0.4, 0.5) is 17.1 Å². The van der Waals surface area contributed by atoms with Crippen LogP contribution in [0.25, 0.3) is 72.9 Å². The first kappa shape index (κ1) is 35.3. The van der Waals surface area contributed by atoms with Crippen LogP contribution in [0.3, 0.4) is 0 Å². The summed E-state index contributed by atoms with van der Waals surface area (Å²) in [6, 6.07) is 66.4. The van der Waals surface area contributed by atoms with Gasteiger partial charge in [-0.2, -0.15) is 0 Å². The molecule has 0 bridgehead atoms. The fourth-order valence-corrected chi connectivity index (χ4v) is 9.33. The van der Waals surface area contributed by atoms with Gasteiger partial charge in [-0.1, -0.05) is 160 Å². The Kier molecular flexibility index (Phi) is 8.57. The first-order valence-corrected chi connectivity index (χ1v) is 20.2. The molecule has 0 saturated heterocycles. The molecule has 0 aliphatic heterocycles. The van der Waals surface area contributed by atoms with E-state index < -0.39 is 0 Å². The van der Waals surface area contributed by atoms with Gasteiger partial charge in [-0.3, -0.25) is 0 Å². The molecule has 1 aromatic heterocycles. The second-order valence-electron chi connectivity index (χ2n) is 15.7. The van der Waals surface area contributed by atoms with Crippen molar-refractivity contribution < 1.29 is 0 Å². The van der Waals surface area contributed by atoms with Crippen molar-refractivity contribution in [2.75, 3.05) is 4.90 Å². The number of allylic oxidation sites excluding steroid dienone is 1. The van der Waals surface area contributed by atoms with Crippen LogP contribution < -0.4 is 4.90 Å². The lowest BCUT2D eigenvalue weighted by Gasteiger charge is -2.28. The van der Waals surface area contributed by atoms with Gasteiger partial charge in [-0.05, 0) is 123 Å². The zero-order valence-corrected chi connectivity index (χ0v) is 33.2. The van der Waals surface area contributed by atoms with Crippen LogP contribution in [0, 0.1) is 0 Å². The molecular formula is C56H44N2. The van der Waals surface area contributed by atoms with Gasteiger partial charge >= 0.3 is 0 Å². The fraction of sp³-hybridized carbons (Fsp3) is 0.0714. The quantitative estimate of drug-likeness (QED) is 0.150. The van der Waals surface area contributed by atoms with Crippen molar-refractivity contribution in [2.45, 2.75) is 26.2 Å². The maximum Gasteiger partial charge on any atom is 0.0553 e. The smallest absolute Gasteiger partial charge is 0.0553 e. The van der Waals surface area contributed by atoms with Gasteiger partial charge in [0.2, 0.25) is 0 Å². The Morgan fingerprint density at radius 2 is 1.09 bits per heavy atom. The number of fused-ring (bicyclic) bond motifs is 6. The first-order valence-electron chi connectivity index (χ1n) is 20.2. The minimum absolute atomic E-state index is 0.107. The average molecular weight is 745 g/mol. The second kappa shape index (κ2) is 14.1. The predicted octanol–water partition coefficient (Wildman–Crippen LogP) is 15.6. The fourth-order valence-electron chi connectivity index (χ4n) is 9.33. The van der Waals surface area contributed by atoms with Crippen molar-refractivity contribution in [1.29, 1.82) is 0 Å². The number of hydrogen-bond donors (Lipinski definition) is 0. The van der Waals surface area contributed by atoms with Gasteiger partial charge in [0.15, 0.2) is 0 Å². The molecule has 58 heavy (non-hydrogen) atoms. The lowest BCUT2D eigenvalue weighted by atomic mass is 9.82. The molecule has 2 heteroatoms. The molecule has 0 N–H and O–H groups in total. The molecule has 9 aromatic rings. The highest BCUT2D eigenvalue weighted by molar-refractivity contribution is 6.17. The van der Waals surface area contributed by atoms with Crippen molar-refractivity contribution in [1.82, 2.24) is 4.57 Å². The van der Waals surface area contributed by atoms with E-state index in [9.17, 15) is 0 Å². The third-order valence-electron chi connectivity index (χ3n) is 12.1. The van der Waals surface area contributed by atoms with E-state index in [4.69, 9.17) is 0 Å².